The molecule has 24 heavy (non-hydrogen) atoms. The second-order valence-corrected chi connectivity index (χ2v) is 7.75. The molecular formula is C17H26F2O5. The van der Waals surface area contributed by atoms with Crippen LogP contribution >= 0.6 is 0 Å². The van der Waals surface area contributed by atoms with E-state index in [1.165, 1.54) is 0 Å². The molecule has 5 nitrogen and oxygen atoms in total. The molecule has 0 amide bonds. The lowest BCUT2D eigenvalue weighted by Crippen LogP contribution is -2.71. The van der Waals surface area contributed by atoms with Crippen LogP contribution in [0.5, 0.6) is 0 Å². The van der Waals surface area contributed by atoms with Crippen molar-refractivity contribution in [2.45, 2.75) is 76.8 Å². The van der Waals surface area contributed by atoms with Gasteiger partial charge in [0.15, 0.2) is 18.2 Å². The minimum atomic E-state index is -2.38. The smallest absolute Gasteiger partial charge is 0.241 e. The van der Waals surface area contributed by atoms with E-state index in [9.17, 15) is 8.78 Å². The van der Waals surface area contributed by atoms with Gasteiger partial charge in [-0.1, -0.05) is 6.92 Å². The van der Waals surface area contributed by atoms with Crippen LogP contribution in [0.1, 0.15) is 46.5 Å². The number of rotatable bonds is 3. The lowest BCUT2D eigenvalue weighted by molar-refractivity contribution is -0.578. The van der Waals surface area contributed by atoms with Crippen LogP contribution in [0.2, 0.25) is 0 Å². The summed E-state index contributed by atoms with van der Waals surface area (Å²) in [5.41, 5.74) is -0.970. The fourth-order valence-corrected chi connectivity index (χ4v) is 5.28. The first kappa shape index (κ1) is 17.1. The predicted molar refractivity (Wildman–Crippen MR) is 78.8 cm³/mol. The Kier molecular flexibility index (Phi) is 4.16. The second kappa shape index (κ2) is 5.84. The molecule has 5 aliphatic rings. The first-order chi connectivity index (χ1) is 11.4. The van der Waals surface area contributed by atoms with Crippen molar-refractivity contribution < 1.29 is 32.8 Å². The van der Waals surface area contributed by atoms with E-state index in [0.29, 0.717) is 32.3 Å². The first-order valence-corrected chi connectivity index (χ1v) is 9.01. The average molecular weight is 348 g/mol. The van der Waals surface area contributed by atoms with Gasteiger partial charge >= 0.3 is 0 Å². The zero-order valence-corrected chi connectivity index (χ0v) is 14.4. The van der Waals surface area contributed by atoms with Gasteiger partial charge in [0, 0.05) is 36.7 Å². The molecule has 4 saturated heterocycles. The number of hydrogen-bond donors (Lipinski definition) is 0. The molecule has 4 heterocycles. The van der Waals surface area contributed by atoms with Gasteiger partial charge in [0.1, 0.15) is 0 Å². The van der Waals surface area contributed by atoms with Crippen LogP contribution in [-0.4, -0.2) is 37.0 Å². The molecule has 0 radical (unpaired) electrons. The van der Waals surface area contributed by atoms with Gasteiger partial charge in [0.05, 0.1) is 0 Å². The summed E-state index contributed by atoms with van der Waals surface area (Å²) in [5, 5.41) is 0. The quantitative estimate of drug-likeness (QED) is 0.731. The normalized spacial score (nSPS) is 53.8. The number of ether oxygens (including phenoxy) is 3. The van der Waals surface area contributed by atoms with E-state index in [1.807, 2.05) is 13.8 Å². The van der Waals surface area contributed by atoms with Crippen LogP contribution in [-0.2, 0) is 24.0 Å². The lowest BCUT2D eigenvalue weighted by atomic mass is 9.58. The van der Waals surface area contributed by atoms with Crippen LogP contribution in [0.3, 0.4) is 0 Å². The zero-order chi connectivity index (χ0) is 17.1. The van der Waals surface area contributed by atoms with Crippen molar-refractivity contribution in [1.82, 2.24) is 0 Å². The summed E-state index contributed by atoms with van der Waals surface area (Å²) in [5.74, 6) is -1.97. The molecular weight excluding hydrogens is 322 g/mol. The highest BCUT2D eigenvalue weighted by Crippen LogP contribution is 2.61. The molecule has 1 spiro atoms. The predicted octanol–water partition coefficient (Wildman–Crippen LogP) is 3.48. The highest BCUT2D eigenvalue weighted by atomic mass is 19.3. The van der Waals surface area contributed by atoms with Gasteiger partial charge in [-0.25, -0.2) is 18.6 Å². The molecule has 138 valence electrons. The fraction of sp³-hybridized carbons (Fsp3) is 1.00. The molecule has 0 aromatic heterocycles. The highest BCUT2D eigenvalue weighted by molar-refractivity contribution is 5.10. The molecule has 7 heteroatoms. The molecule has 1 aliphatic carbocycles. The van der Waals surface area contributed by atoms with Crippen molar-refractivity contribution in [3.05, 3.63) is 0 Å². The van der Waals surface area contributed by atoms with Crippen LogP contribution in [0, 0.1) is 23.7 Å². The van der Waals surface area contributed by atoms with E-state index >= 15 is 0 Å². The fourth-order valence-electron chi connectivity index (χ4n) is 5.28. The van der Waals surface area contributed by atoms with Gasteiger partial charge in [0.2, 0.25) is 12.2 Å². The Hall–Kier alpha value is -0.340. The van der Waals surface area contributed by atoms with Crippen molar-refractivity contribution >= 4 is 0 Å². The van der Waals surface area contributed by atoms with E-state index in [4.69, 9.17) is 24.0 Å². The molecule has 2 bridgehead atoms. The summed E-state index contributed by atoms with van der Waals surface area (Å²) in [6.07, 6.45) is -1.28. The van der Waals surface area contributed by atoms with E-state index in [0.717, 1.165) is 0 Å². The second-order valence-electron chi connectivity index (χ2n) is 7.75. The molecule has 0 aromatic rings. The van der Waals surface area contributed by atoms with E-state index < -0.39 is 36.3 Å². The summed E-state index contributed by atoms with van der Waals surface area (Å²) < 4.78 is 45.3. The van der Waals surface area contributed by atoms with Crippen LogP contribution in [0.25, 0.3) is 0 Å². The lowest BCUT2D eigenvalue weighted by Gasteiger charge is -2.60. The summed E-state index contributed by atoms with van der Waals surface area (Å²) in [7, 11) is 0. The SMILES string of the molecule is CCO[C@H]1O[C@@H]2O[C@@]3(C)CC[C@H]4C(C(F)F)CC[C@@H]([C@H]1C)[C@@]24OO3. The standard InChI is InChI=1S/C17H26F2O5/c1-4-20-14-9(2)11-6-5-10(13(18)19)12-7-8-16(3)22-15(21-14)17(11,12)24-23-16/h9-15H,4-8H2,1-3H3/t9-,10?,11+,12+,14+,15-,16-,17+/m1/s1. The first-order valence-electron chi connectivity index (χ1n) is 9.01. The third-order valence-electron chi connectivity index (χ3n) is 6.46. The minimum Gasteiger partial charge on any atom is -0.353 e. The molecule has 1 saturated carbocycles. The monoisotopic (exact) mass is 348 g/mol. The Labute approximate surface area is 140 Å². The third-order valence-corrected chi connectivity index (χ3v) is 6.46. The van der Waals surface area contributed by atoms with Gasteiger partial charge in [-0.05, 0) is 33.1 Å². The summed E-state index contributed by atoms with van der Waals surface area (Å²) in [4.78, 5) is 11.5. The van der Waals surface area contributed by atoms with Gasteiger partial charge < -0.3 is 14.2 Å². The van der Waals surface area contributed by atoms with Crippen LogP contribution in [0.15, 0.2) is 0 Å². The van der Waals surface area contributed by atoms with Gasteiger partial charge in [-0.3, -0.25) is 0 Å². The molecule has 1 unspecified atom stereocenters. The average Bonchev–Trinajstić information content (AvgIpc) is 2.77. The number of alkyl halides is 2. The topological polar surface area (TPSA) is 46.2 Å². The molecule has 4 aliphatic heterocycles. The van der Waals surface area contributed by atoms with Gasteiger partial charge in [0.25, 0.3) is 0 Å². The maximum absolute atomic E-state index is 13.7. The maximum atomic E-state index is 13.7. The Morgan fingerprint density at radius 2 is 1.96 bits per heavy atom. The largest absolute Gasteiger partial charge is 0.353 e. The highest BCUT2D eigenvalue weighted by Gasteiger charge is 2.70. The number of fused-ring (bicyclic) bond motifs is 2. The molecule has 8 atom stereocenters. The molecule has 0 aromatic carbocycles. The van der Waals surface area contributed by atoms with Crippen LogP contribution in [0.4, 0.5) is 8.78 Å². The number of halogens is 2. The summed E-state index contributed by atoms with van der Waals surface area (Å²) in [6, 6.07) is 0. The van der Waals surface area contributed by atoms with Crippen molar-refractivity contribution in [3.63, 3.8) is 0 Å². The van der Waals surface area contributed by atoms with Crippen molar-refractivity contribution in [3.8, 4) is 0 Å². The Morgan fingerprint density at radius 3 is 2.67 bits per heavy atom. The van der Waals surface area contributed by atoms with Gasteiger partial charge in [-0.15, -0.1) is 0 Å². The van der Waals surface area contributed by atoms with E-state index in [2.05, 4.69) is 0 Å². The minimum absolute atomic E-state index is 0.00968. The number of hydrogen-bond acceptors (Lipinski definition) is 5. The third kappa shape index (κ3) is 2.28. The maximum Gasteiger partial charge on any atom is 0.241 e. The molecule has 5 rings (SSSR count). The Balaban J connectivity index is 1.76. The van der Waals surface area contributed by atoms with E-state index in [-0.39, 0.29) is 17.8 Å². The van der Waals surface area contributed by atoms with Crippen molar-refractivity contribution in [2.24, 2.45) is 23.7 Å². The summed E-state index contributed by atoms with van der Waals surface area (Å²) >= 11 is 0. The molecule has 5 fully saturated rings. The summed E-state index contributed by atoms with van der Waals surface area (Å²) in [6.45, 7) is 6.26. The van der Waals surface area contributed by atoms with E-state index in [1.54, 1.807) is 6.92 Å². The van der Waals surface area contributed by atoms with Crippen LogP contribution < -0.4 is 0 Å². The van der Waals surface area contributed by atoms with Crippen molar-refractivity contribution in [2.75, 3.05) is 6.61 Å². The Morgan fingerprint density at radius 1 is 1.17 bits per heavy atom. The molecule has 0 N–H and O–H groups in total. The van der Waals surface area contributed by atoms with Crippen molar-refractivity contribution in [1.29, 1.82) is 0 Å². The Bertz CT molecular complexity index is 492. The zero-order valence-electron chi connectivity index (χ0n) is 14.4. The van der Waals surface area contributed by atoms with Gasteiger partial charge in [-0.2, -0.15) is 0 Å².